The average Bonchev–Trinajstić information content (AvgIpc) is 2.69. The first kappa shape index (κ1) is 18.2. The van der Waals surface area contributed by atoms with Gasteiger partial charge in [-0.25, -0.2) is 0 Å². The van der Waals surface area contributed by atoms with Crippen LogP contribution < -0.4 is 10.6 Å². The third kappa shape index (κ3) is 3.97. The van der Waals surface area contributed by atoms with E-state index in [1.54, 1.807) is 0 Å². The van der Waals surface area contributed by atoms with Crippen molar-refractivity contribution in [1.82, 2.24) is 4.90 Å². The molecule has 1 amide bonds. The van der Waals surface area contributed by atoms with Gasteiger partial charge in [0.05, 0.1) is 18.6 Å². The van der Waals surface area contributed by atoms with Crippen molar-refractivity contribution in [3.05, 3.63) is 29.8 Å². The van der Waals surface area contributed by atoms with Gasteiger partial charge < -0.3 is 25.0 Å². The van der Waals surface area contributed by atoms with Crippen molar-refractivity contribution in [2.45, 2.75) is 19.4 Å². The molecule has 3 rings (SSSR count). The number of nitrogens with two attached hydrogens (primary N) is 1. The van der Waals surface area contributed by atoms with Crippen molar-refractivity contribution in [3.8, 4) is 0 Å². The van der Waals surface area contributed by atoms with E-state index in [9.17, 15) is 4.79 Å². The Labute approximate surface area is 149 Å². The van der Waals surface area contributed by atoms with Crippen LogP contribution in [0.5, 0.6) is 0 Å². The second kappa shape index (κ2) is 8.17. The number of carbonyl (C=O) groups is 1. The molecule has 2 heterocycles. The Bertz CT molecular complexity index is 581. The zero-order valence-electron chi connectivity index (χ0n) is 15.1. The number of benzene rings is 1. The lowest BCUT2D eigenvalue weighted by Gasteiger charge is -2.38. The van der Waals surface area contributed by atoms with E-state index >= 15 is 0 Å². The number of nitrogens with zero attached hydrogens (tertiary/aromatic N) is 2. The standard InChI is InChI=1S/C19H29N3O3/c1-21(18(23)19(15-20)6-10-24-11-7-19)14-16-4-2-3-5-17(16)22-8-12-25-13-9-22/h2-5H,6-15,20H2,1H3. The van der Waals surface area contributed by atoms with Crippen LogP contribution in [0.2, 0.25) is 0 Å². The number of para-hydroxylation sites is 1. The van der Waals surface area contributed by atoms with Crippen LogP contribution in [0.25, 0.3) is 0 Å². The van der Waals surface area contributed by atoms with E-state index in [0.717, 1.165) is 26.3 Å². The van der Waals surface area contributed by atoms with Gasteiger partial charge in [0.1, 0.15) is 0 Å². The van der Waals surface area contributed by atoms with E-state index in [0.29, 0.717) is 39.1 Å². The molecule has 2 aliphatic rings. The fraction of sp³-hybridized carbons (Fsp3) is 0.632. The molecule has 0 unspecified atom stereocenters. The maximum Gasteiger partial charge on any atom is 0.230 e. The van der Waals surface area contributed by atoms with Gasteiger partial charge in [0.2, 0.25) is 5.91 Å². The predicted molar refractivity (Wildman–Crippen MR) is 97.5 cm³/mol. The van der Waals surface area contributed by atoms with Gasteiger partial charge in [-0.05, 0) is 24.5 Å². The van der Waals surface area contributed by atoms with Crippen LogP contribution >= 0.6 is 0 Å². The van der Waals surface area contributed by atoms with Gasteiger partial charge in [-0.15, -0.1) is 0 Å². The molecule has 2 fully saturated rings. The maximum atomic E-state index is 13.1. The Morgan fingerprint density at radius 1 is 1.16 bits per heavy atom. The maximum absolute atomic E-state index is 13.1. The number of ether oxygens (including phenoxy) is 2. The Morgan fingerprint density at radius 2 is 1.80 bits per heavy atom. The topological polar surface area (TPSA) is 68.0 Å². The number of rotatable bonds is 5. The van der Waals surface area contributed by atoms with Crippen molar-refractivity contribution in [3.63, 3.8) is 0 Å². The van der Waals surface area contributed by atoms with Gasteiger partial charge in [-0.1, -0.05) is 18.2 Å². The van der Waals surface area contributed by atoms with E-state index in [1.165, 1.54) is 11.3 Å². The van der Waals surface area contributed by atoms with E-state index in [1.807, 2.05) is 18.0 Å². The normalized spacial score (nSPS) is 20.3. The number of hydrogen-bond acceptors (Lipinski definition) is 5. The van der Waals surface area contributed by atoms with Gasteiger partial charge in [-0.3, -0.25) is 4.79 Å². The van der Waals surface area contributed by atoms with Crippen molar-refractivity contribution in [1.29, 1.82) is 0 Å². The highest BCUT2D eigenvalue weighted by Crippen LogP contribution is 2.32. The lowest BCUT2D eigenvalue weighted by atomic mass is 9.79. The molecule has 0 radical (unpaired) electrons. The quantitative estimate of drug-likeness (QED) is 0.868. The van der Waals surface area contributed by atoms with Crippen LogP contribution in [0.15, 0.2) is 24.3 Å². The molecule has 25 heavy (non-hydrogen) atoms. The molecule has 0 saturated carbocycles. The molecule has 0 spiro atoms. The largest absolute Gasteiger partial charge is 0.381 e. The number of anilines is 1. The minimum absolute atomic E-state index is 0.134. The van der Waals surface area contributed by atoms with E-state index < -0.39 is 5.41 Å². The second-order valence-corrected chi connectivity index (χ2v) is 6.99. The van der Waals surface area contributed by atoms with Gasteiger partial charge in [-0.2, -0.15) is 0 Å². The van der Waals surface area contributed by atoms with Gasteiger partial charge in [0.15, 0.2) is 0 Å². The number of amides is 1. The summed E-state index contributed by atoms with van der Waals surface area (Å²) in [7, 11) is 1.88. The Kier molecular flexibility index (Phi) is 5.93. The van der Waals surface area contributed by atoms with Crippen LogP contribution in [-0.2, 0) is 20.8 Å². The number of carbonyl (C=O) groups excluding carboxylic acids is 1. The third-order valence-corrected chi connectivity index (χ3v) is 5.39. The van der Waals surface area contributed by atoms with Crippen LogP contribution in [0.3, 0.4) is 0 Å². The van der Waals surface area contributed by atoms with E-state index in [4.69, 9.17) is 15.2 Å². The molecule has 2 saturated heterocycles. The number of hydrogen-bond donors (Lipinski definition) is 1. The highest BCUT2D eigenvalue weighted by molar-refractivity contribution is 5.83. The molecule has 6 heteroatoms. The summed E-state index contributed by atoms with van der Waals surface area (Å²) < 4.78 is 10.9. The third-order valence-electron chi connectivity index (χ3n) is 5.39. The molecule has 2 aliphatic heterocycles. The van der Waals surface area contributed by atoms with Gasteiger partial charge in [0.25, 0.3) is 0 Å². The first-order valence-electron chi connectivity index (χ1n) is 9.10. The Balaban J connectivity index is 1.74. The summed E-state index contributed by atoms with van der Waals surface area (Å²) in [5.74, 6) is 0.134. The second-order valence-electron chi connectivity index (χ2n) is 6.99. The molecule has 0 bridgehead atoms. The molecule has 6 nitrogen and oxygen atoms in total. The summed E-state index contributed by atoms with van der Waals surface area (Å²) in [6, 6.07) is 8.32. The Morgan fingerprint density at radius 3 is 2.48 bits per heavy atom. The van der Waals surface area contributed by atoms with Crippen molar-refractivity contribution < 1.29 is 14.3 Å². The van der Waals surface area contributed by atoms with E-state index in [-0.39, 0.29) is 5.91 Å². The zero-order valence-corrected chi connectivity index (χ0v) is 15.1. The summed E-state index contributed by atoms with van der Waals surface area (Å²) in [5, 5.41) is 0. The highest BCUT2D eigenvalue weighted by Gasteiger charge is 2.40. The first-order valence-corrected chi connectivity index (χ1v) is 9.10. The van der Waals surface area contributed by atoms with Crippen LogP contribution in [-0.4, -0.2) is 63.9 Å². The number of morpholine rings is 1. The molecule has 0 atom stereocenters. The van der Waals surface area contributed by atoms with Crippen LogP contribution in [0.4, 0.5) is 5.69 Å². The van der Waals surface area contributed by atoms with Crippen LogP contribution in [0, 0.1) is 5.41 Å². The molecular weight excluding hydrogens is 318 g/mol. The summed E-state index contributed by atoms with van der Waals surface area (Å²) in [5.41, 5.74) is 7.88. The first-order chi connectivity index (χ1) is 12.2. The highest BCUT2D eigenvalue weighted by atomic mass is 16.5. The van der Waals surface area contributed by atoms with Gasteiger partial charge in [0, 0.05) is 52.1 Å². The summed E-state index contributed by atoms with van der Waals surface area (Å²) in [6.07, 6.45) is 1.41. The lowest BCUT2D eigenvalue weighted by Crippen LogP contribution is -2.49. The average molecular weight is 347 g/mol. The lowest BCUT2D eigenvalue weighted by molar-refractivity contribution is -0.146. The smallest absolute Gasteiger partial charge is 0.230 e. The minimum atomic E-state index is -0.471. The molecular formula is C19H29N3O3. The van der Waals surface area contributed by atoms with Crippen molar-refractivity contribution >= 4 is 11.6 Å². The van der Waals surface area contributed by atoms with E-state index in [2.05, 4.69) is 23.1 Å². The summed E-state index contributed by atoms with van der Waals surface area (Å²) in [6.45, 7) is 5.47. The summed E-state index contributed by atoms with van der Waals surface area (Å²) in [4.78, 5) is 17.3. The van der Waals surface area contributed by atoms with Crippen LogP contribution in [0.1, 0.15) is 18.4 Å². The molecule has 0 aromatic heterocycles. The van der Waals surface area contributed by atoms with Gasteiger partial charge >= 0.3 is 0 Å². The zero-order chi connectivity index (χ0) is 17.7. The summed E-state index contributed by atoms with van der Waals surface area (Å²) >= 11 is 0. The monoisotopic (exact) mass is 347 g/mol. The molecule has 1 aromatic rings. The van der Waals surface area contributed by atoms with Crippen molar-refractivity contribution in [2.75, 3.05) is 58.0 Å². The SMILES string of the molecule is CN(Cc1ccccc1N1CCOCC1)C(=O)C1(CN)CCOCC1. The van der Waals surface area contributed by atoms with Crippen molar-refractivity contribution in [2.24, 2.45) is 11.1 Å². The predicted octanol–water partition coefficient (Wildman–Crippen LogP) is 1.24. The molecule has 0 aliphatic carbocycles. The Hall–Kier alpha value is -1.63. The molecule has 138 valence electrons. The molecule has 1 aromatic carbocycles. The fourth-order valence-electron chi connectivity index (χ4n) is 3.76. The minimum Gasteiger partial charge on any atom is -0.381 e. The molecule has 2 N–H and O–H groups in total. The fourth-order valence-corrected chi connectivity index (χ4v) is 3.76.